The Morgan fingerprint density at radius 2 is 1.61 bits per heavy atom. The maximum Gasteiger partial charge on any atom is 0.407 e. The van der Waals surface area contributed by atoms with Gasteiger partial charge in [-0.05, 0) is 147 Å². The Kier molecular flexibility index (Phi) is 25.8. The van der Waals surface area contributed by atoms with Crippen LogP contribution in [0.25, 0.3) is 55.8 Å². The van der Waals surface area contributed by atoms with Crippen LogP contribution in [0.15, 0.2) is 77.7 Å². The Labute approximate surface area is 672 Å². The van der Waals surface area contributed by atoms with Gasteiger partial charge in [0.2, 0.25) is 24.0 Å². The fraction of sp³-hybridized carbons (Fsp3) is 0.432. The van der Waals surface area contributed by atoms with E-state index in [1.807, 2.05) is 19.1 Å². The zero-order valence-electron chi connectivity index (χ0n) is 64.4. The number of hydrogen-bond acceptors (Lipinski definition) is 24. The number of carboxylic acid groups (broad SMARTS) is 1. The number of aliphatic hydroxyl groups excluding tert-OH is 4. The zero-order valence-corrected chi connectivity index (χ0v) is 65.2. The number of pyridine rings is 3. The molecule has 0 radical (unpaired) electrons. The van der Waals surface area contributed by atoms with E-state index >= 15 is 8.78 Å². The van der Waals surface area contributed by atoms with Gasteiger partial charge in [0, 0.05) is 103 Å². The van der Waals surface area contributed by atoms with Crippen molar-refractivity contribution in [2.24, 2.45) is 23.3 Å². The number of carboxylic acids is 1. The highest BCUT2D eigenvalue weighted by Gasteiger charge is 2.49. The number of urea groups is 1. The van der Waals surface area contributed by atoms with Gasteiger partial charge < -0.3 is 107 Å². The number of anilines is 3. The highest BCUT2D eigenvalue weighted by atomic mass is 35.5. The third-order valence-electron chi connectivity index (χ3n) is 21.8. The summed E-state index contributed by atoms with van der Waals surface area (Å²) in [7, 11) is 0. The van der Waals surface area contributed by atoms with Crippen molar-refractivity contribution in [3.8, 4) is 39.7 Å². The highest BCUT2D eigenvalue weighted by Crippen LogP contribution is 2.47. The van der Waals surface area contributed by atoms with E-state index < -0.39 is 114 Å². The fourth-order valence-corrected chi connectivity index (χ4v) is 15.8. The number of rotatable bonds is 31. The van der Waals surface area contributed by atoms with E-state index in [4.69, 9.17) is 61.7 Å². The molecule has 36 heteroatoms. The molecular formula is C81H91ClF2N14O19. The summed E-state index contributed by atoms with van der Waals surface area (Å²) in [6.07, 6.45) is -9.71. The fourth-order valence-electron chi connectivity index (χ4n) is 15.6. The quantitative estimate of drug-likeness (QED) is 0.0167. The normalized spacial score (nSPS) is 19.4. The number of aromatic amines is 1. The number of ether oxygens (including phenoxy) is 5. The highest BCUT2D eigenvalue weighted by molar-refractivity contribution is 6.31. The number of aryl methyl sites for hydroxylation is 2. The van der Waals surface area contributed by atoms with Crippen LogP contribution in [-0.4, -0.2) is 186 Å². The third kappa shape index (κ3) is 18.6. The van der Waals surface area contributed by atoms with Gasteiger partial charge in [-0.1, -0.05) is 37.6 Å². The lowest BCUT2D eigenvalue weighted by molar-refractivity contribution is -0.271. The van der Waals surface area contributed by atoms with Crippen LogP contribution in [0.3, 0.4) is 0 Å². The first-order valence-electron chi connectivity index (χ1n) is 38.6. The molecule has 4 aromatic heterocycles. The molecule has 6 amide bonds. The van der Waals surface area contributed by atoms with E-state index in [-0.39, 0.29) is 166 Å². The number of aliphatic carboxylic acids is 1. The largest absolute Gasteiger partial charge is 0.479 e. The number of halogens is 3. The summed E-state index contributed by atoms with van der Waals surface area (Å²) in [5, 5.41) is 71.3. The first kappa shape index (κ1) is 83.6. The summed E-state index contributed by atoms with van der Waals surface area (Å²) in [4.78, 5) is 140. The van der Waals surface area contributed by atoms with Crippen molar-refractivity contribution in [2.75, 3.05) is 61.5 Å². The number of primary amides is 1. The Morgan fingerprint density at radius 1 is 0.829 bits per heavy atom. The number of imidazole rings is 1. The minimum atomic E-state index is -2.13. The molecule has 1 aliphatic carbocycles. The Bertz CT molecular complexity index is 5250. The third-order valence-corrected chi connectivity index (χ3v) is 22.1. The number of nitrogens with two attached hydrogens (primary N) is 2. The number of carbonyl (C=O) groups is 8. The number of hydrogen-bond donors (Lipinski definition) is 14. The molecule has 0 bridgehead atoms. The number of aliphatic hydroxyl groups is 4. The Balaban J connectivity index is 0.635. The molecule has 16 N–H and O–H groups in total. The summed E-state index contributed by atoms with van der Waals surface area (Å²) in [5.74, 6) is -6.29. The monoisotopic (exact) mass is 1640 g/mol. The van der Waals surface area contributed by atoms with Crippen LogP contribution in [0, 0.1) is 37.3 Å². The maximum absolute atomic E-state index is 15.6. The molecule has 8 aromatic rings. The van der Waals surface area contributed by atoms with E-state index in [0.29, 0.717) is 85.1 Å². The van der Waals surface area contributed by atoms with Gasteiger partial charge in [0.15, 0.2) is 12.2 Å². The van der Waals surface area contributed by atoms with Crippen LogP contribution in [-0.2, 0) is 73.9 Å². The lowest BCUT2D eigenvalue weighted by Gasteiger charge is -2.38. The summed E-state index contributed by atoms with van der Waals surface area (Å²) in [6, 6.07) is 13.8. The van der Waals surface area contributed by atoms with Crippen molar-refractivity contribution >= 4 is 98.3 Å². The SMILES string of the molecule is Cc1cc(F)cc(-c2cnc(NCCNC(=O)CCOCCC(=O)CC[C@H](C(=O)NC(CCCNC(N)=O)C(=O)Nc3ccc(COC(=O)N[C@H]4CCc5c(C)c(F)cc6nc7c(c4c56)Cn4c-7cc5c(c4=O)COC(=O)C5O)cc3O[C@@H]3O[C@H](C(=O)O)[C@@H](O)[C@H](O)[C@H]3O)C(C)C)c(-c3nc4ccc(Cl)cc4[nH]3)c2N2CCC(N)CC2)c1. The molecule has 2 saturated heterocycles. The molecular weight excluding hydrogens is 1550 g/mol. The molecule has 117 heavy (non-hydrogen) atoms. The number of nitrogens with one attached hydrogen (secondary N) is 7. The molecule has 8 heterocycles. The predicted molar refractivity (Wildman–Crippen MR) is 421 cm³/mol. The molecule has 4 aromatic carbocycles. The second-order valence-corrected chi connectivity index (χ2v) is 30.6. The minimum absolute atomic E-state index is 0.0146. The summed E-state index contributed by atoms with van der Waals surface area (Å²) in [6.45, 7) is 7.59. The smallest absolute Gasteiger partial charge is 0.407 e. The molecule has 0 saturated carbocycles. The Morgan fingerprint density at radius 3 is 2.36 bits per heavy atom. The van der Waals surface area contributed by atoms with Crippen LogP contribution in [0.1, 0.15) is 128 Å². The van der Waals surface area contributed by atoms with Crippen LogP contribution < -0.4 is 58.6 Å². The number of ketones is 1. The van der Waals surface area contributed by atoms with Gasteiger partial charge >= 0.3 is 24.1 Å². The van der Waals surface area contributed by atoms with E-state index in [0.717, 1.165) is 24.1 Å². The number of benzene rings is 4. The molecule has 2 fully saturated rings. The zero-order chi connectivity index (χ0) is 83.4. The van der Waals surface area contributed by atoms with Crippen molar-refractivity contribution in [2.45, 2.75) is 167 Å². The van der Waals surface area contributed by atoms with Crippen molar-refractivity contribution in [1.82, 2.24) is 45.8 Å². The minimum Gasteiger partial charge on any atom is -0.479 e. The average molecular weight is 1640 g/mol. The van der Waals surface area contributed by atoms with Gasteiger partial charge in [-0.2, -0.15) is 0 Å². The number of cyclic esters (lactones) is 1. The van der Waals surface area contributed by atoms with Gasteiger partial charge in [-0.25, -0.2) is 42.9 Å². The molecule has 33 nitrogen and oxygen atoms in total. The number of H-pyrrole nitrogens is 1. The standard InChI is InChI=1S/C81H91ClF2N14O19/c1-37(2)46(10-9-45(99)17-24-113-25-18-61(100)87-20-21-88-72-64(73-92-53-13-8-42(82)30-57(53)93-73)66(97-22-15-44(85)16-23-97)49(33-90-72)41-26-38(3)27-43(83)29-41)74(105)95-56(6-5-19-89-80(86)111)75(106)94-54-12-7-40(28-60(54)116-79-70(104)68(102)69(103)71(117-79)77(108)109)35-115-81(112)96-55-14-11-47-39(4)52(84)32-58-62(47)63(55)50-34-98-59(65(50)91-58)31-48-51(76(98)107)36-114-78(110)67(48)101/h7-8,12-13,26-33,37,44,46,55-56,67-71,79,101-104H,5-6,9-11,14-25,34-36,85H2,1-4H3,(H,87,100)(H,88,90)(H,92,93)(H,94,106)(H,95,105)(H,96,112)(H,108,109)(H3,86,89,111)/t46-,55-,56?,67?,68-,69-,70+,71-,79+/m0/s1. The molecule has 9 atom stereocenters. The maximum atomic E-state index is 15.6. The lowest BCUT2D eigenvalue weighted by atomic mass is 9.82. The molecule has 620 valence electrons. The first-order valence-corrected chi connectivity index (χ1v) is 39.0. The second kappa shape index (κ2) is 36.1. The number of nitrogens with zero attached hydrogens (tertiary/aromatic N) is 5. The summed E-state index contributed by atoms with van der Waals surface area (Å²) in [5.41, 5.74) is 18.9. The van der Waals surface area contributed by atoms with Gasteiger partial charge in [-0.3, -0.25) is 24.0 Å². The van der Waals surface area contributed by atoms with Crippen LogP contribution in [0.4, 0.5) is 35.6 Å². The molecule has 13 rings (SSSR count). The number of alkyl carbamates (subject to hydrolysis) is 1. The van der Waals surface area contributed by atoms with Crippen LogP contribution in [0.5, 0.6) is 5.75 Å². The average Bonchev–Trinajstić information content (AvgIpc) is 1.58. The summed E-state index contributed by atoms with van der Waals surface area (Å²) >= 11 is 6.40. The van der Waals surface area contributed by atoms with Gasteiger partial charge in [0.05, 0.1) is 76.2 Å². The van der Waals surface area contributed by atoms with Crippen LogP contribution >= 0.6 is 11.6 Å². The van der Waals surface area contributed by atoms with Crippen molar-refractivity contribution in [1.29, 1.82) is 0 Å². The van der Waals surface area contributed by atoms with Gasteiger partial charge in [0.25, 0.3) is 5.56 Å². The molecule has 2 unspecified atom stereocenters. The van der Waals surface area contributed by atoms with Crippen molar-refractivity contribution in [3.63, 3.8) is 0 Å². The Hall–Kier alpha value is -11.3. The summed E-state index contributed by atoms with van der Waals surface area (Å²) < 4.78 is 60.2. The van der Waals surface area contributed by atoms with Crippen LogP contribution in [0.2, 0.25) is 5.02 Å². The van der Waals surface area contributed by atoms with E-state index in [1.54, 1.807) is 39.1 Å². The number of Topliss-reactive ketones (excluding diaryl/α,β-unsaturated/α-hetero) is 1. The second-order valence-electron chi connectivity index (χ2n) is 30.2. The number of fused-ring (bicyclic) bond motifs is 6. The van der Waals surface area contributed by atoms with Crippen molar-refractivity contribution in [3.05, 3.63) is 144 Å². The molecule has 5 aliphatic rings. The first-order chi connectivity index (χ1) is 56.0. The van der Waals surface area contributed by atoms with E-state index in [9.17, 15) is 68.7 Å². The number of aromatic nitrogens is 5. The molecule has 0 spiro atoms. The van der Waals surface area contributed by atoms with E-state index in [1.165, 1.54) is 47.0 Å². The molecule has 4 aliphatic heterocycles. The number of esters is 1. The number of carbonyl (C=O) groups excluding carboxylic acids is 7. The van der Waals surface area contributed by atoms with Gasteiger partial charge in [-0.15, -0.1) is 0 Å². The topological polar surface area (TPSA) is 488 Å². The number of amides is 6. The predicted octanol–water partition coefficient (Wildman–Crippen LogP) is 6.30. The number of piperidine rings is 1. The van der Waals surface area contributed by atoms with Crippen molar-refractivity contribution < 1.29 is 96.4 Å². The lowest BCUT2D eigenvalue weighted by Crippen LogP contribution is -2.61. The van der Waals surface area contributed by atoms with Gasteiger partial charge in [0.1, 0.15) is 72.4 Å². The van der Waals surface area contributed by atoms with E-state index in [2.05, 4.69) is 41.8 Å².